The first-order valence-electron chi connectivity index (χ1n) is 10.8. The molecule has 1 fully saturated rings. The molecule has 0 N–H and O–H groups in total. The second-order valence-corrected chi connectivity index (χ2v) is 9.33. The van der Waals surface area contributed by atoms with Crippen LogP contribution in [0.4, 0.5) is 5.69 Å². The Labute approximate surface area is 183 Å². The lowest BCUT2D eigenvalue weighted by atomic mass is 9.68. The molecule has 5 rings (SSSR count). The van der Waals surface area contributed by atoms with Crippen molar-refractivity contribution in [2.24, 2.45) is 0 Å². The van der Waals surface area contributed by atoms with Crippen molar-refractivity contribution in [2.45, 2.75) is 25.7 Å². The molecule has 1 aliphatic heterocycles. The molecular formula is C26H27N3O2. The van der Waals surface area contributed by atoms with Gasteiger partial charge >= 0.3 is 0 Å². The molecule has 0 saturated carbocycles. The molecule has 158 valence electrons. The van der Waals surface area contributed by atoms with E-state index >= 15 is 0 Å². The van der Waals surface area contributed by atoms with Crippen molar-refractivity contribution in [3.05, 3.63) is 63.7 Å². The number of benzene rings is 2. The van der Waals surface area contributed by atoms with Crippen LogP contribution in [0.2, 0.25) is 0 Å². The summed E-state index contributed by atoms with van der Waals surface area (Å²) in [6.07, 6.45) is 0.709. The molecule has 5 heteroatoms. The number of piperazine rings is 1. The summed E-state index contributed by atoms with van der Waals surface area (Å²) in [6, 6.07) is 12.0. The summed E-state index contributed by atoms with van der Waals surface area (Å²) in [5, 5.41) is 9.30. The van der Waals surface area contributed by atoms with Gasteiger partial charge in [-0.15, -0.1) is 0 Å². The van der Waals surface area contributed by atoms with Crippen molar-refractivity contribution in [1.29, 1.82) is 5.26 Å². The van der Waals surface area contributed by atoms with Crippen molar-refractivity contribution in [1.82, 2.24) is 4.90 Å². The smallest absolute Gasteiger partial charge is 0.194 e. The van der Waals surface area contributed by atoms with E-state index in [-0.39, 0.29) is 11.2 Å². The highest BCUT2D eigenvalue weighted by Gasteiger charge is 2.43. The summed E-state index contributed by atoms with van der Waals surface area (Å²) in [6.45, 7) is 8.19. The van der Waals surface area contributed by atoms with E-state index in [0.717, 1.165) is 71.0 Å². The minimum atomic E-state index is -0.293. The largest absolute Gasteiger partial charge is 0.495 e. The maximum Gasteiger partial charge on any atom is 0.194 e. The fourth-order valence-corrected chi connectivity index (χ4v) is 5.32. The second kappa shape index (κ2) is 6.96. The zero-order valence-corrected chi connectivity index (χ0v) is 18.6. The number of ether oxygens (including phenoxy) is 1. The van der Waals surface area contributed by atoms with Gasteiger partial charge in [-0.25, -0.2) is 0 Å². The Morgan fingerprint density at radius 1 is 1.06 bits per heavy atom. The molecule has 2 aliphatic carbocycles. The third-order valence-corrected chi connectivity index (χ3v) is 7.24. The highest BCUT2D eigenvalue weighted by Crippen LogP contribution is 2.51. The Balaban J connectivity index is 1.64. The molecule has 0 aromatic heterocycles. The van der Waals surface area contributed by atoms with Crippen LogP contribution in [0.15, 0.2) is 35.9 Å². The van der Waals surface area contributed by atoms with Crippen LogP contribution in [0.5, 0.6) is 5.75 Å². The van der Waals surface area contributed by atoms with E-state index in [1.165, 1.54) is 0 Å². The number of Topliss-reactive ketones (excluding diaryl/α,β-unsaturated/α-hetero) is 1. The molecule has 0 unspecified atom stereocenters. The monoisotopic (exact) mass is 413 g/mol. The molecule has 3 aliphatic rings. The number of methoxy groups -OCH3 is 1. The van der Waals surface area contributed by atoms with E-state index < -0.39 is 0 Å². The van der Waals surface area contributed by atoms with E-state index in [9.17, 15) is 10.1 Å². The zero-order chi connectivity index (χ0) is 21.9. The molecule has 1 heterocycles. The van der Waals surface area contributed by atoms with Crippen LogP contribution in [0.1, 0.15) is 46.5 Å². The number of hydrogen-bond acceptors (Lipinski definition) is 5. The number of nitriles is 1. The maximum absolute atomic E-state index is 13.8. The van der Waals surface area contributed by atoms with Gasteiger partial charge in [-0.05, 0) is 60.0 Å². The molecule has 0 atom stereocenters. The Kier molecular flexibility index (Phi) is 4.46. The fraction of sp³-hybridized carbons (Fsp3) is 0.385. The summed E-state index contributed by atoms with van der Waals surface area (Å²) in [7, 11) is 3.84. The number of rotatable bonds is 2. The number of carbonyl (C=O) groups excluding carboxylic acids is 1. The van der Waals surface area contributed by atoms with Crippen LogP contribution in [0.25, 0.3) is 5.57 Å². The molecular weight excluding hydrogens is 386 g/mol. The van der Waals surface area contributed by atoms with Crippen LogP contribution in [-0.4, -0.2) is 51.0 Å². The van der Waals surface area contributed by atoms with Crippen LogP contribution >= 0.6 is 0 Å². The topological polar surface area (TPSA) is 56.6 Å². The van der Waals surface area contributed by atoms with E-state index in [1.807, 2.05) is 18.2 Å². The summed E-state index contributed by atoms with van der Waals surface area (Å²) in [5.74, 6) is 0.918. The van der Waals surface area contributed by atoms with Gasteiger partial charge in [0.2, 0.25) is 0 Å². The van der Waals surface area contributed by atoms with Crippen molar-refractivity contribution in [3.8, 4) is 11.8 Å². The van der Waals surface area contributed by atoms with Gasteiger partial charge in [0.25, 0.3) is 0 Å². The number of likely N-dealkylation sites (N-methyl/N-ethyl adjacent to an activating group) is 1. The van der Waals surface area contributed by atoms with E-state index in [0.29, 0.717) is 12.0 Å². The van der Waals surface area contributed by atoms with Crippen molar-refractivity contribution < 1.29 is 9.53 Å². The highest BCUT2D eigenvalue weighted by atomic mass is 16.5. The normalized spacial score (nSPS) is 19.6. The summed E-state index contributed by atoms with van der Waals surface area (Å²) in [5.41, 5.74) is 7.17. The average Bonchev–Trinajstić information content (AvgIpc) is 3.17. The van der Waals surface area contributed by atoms with Crippen LogP contribution in [0.3, 0.4) is 0 Å². The van der Waals surface area contributed by atoms with E-state index in [1.54, 1.807) is 7.11 Å². The van der Waals surface area contributed by atoms with Crippen molar-refractivity contribution >= 4 is 17.0 Å². The van der Waals surface area contributed by atoms with Crippen LogP contribution in [0, 0.1) is 11.3 Å². The van der Waals surface area contributed by atoms with Crippen LogP contribution in [-0.2, 0) is 11.8 Å². The number of nitrogens with zero attached hydrogens (tertiary/aromatic N) is 3. The number of ketones is 1. The predicted octanol–water partition coefficient (Wildman–Crippen LogP) is 3.80. The number of fused-ring (bicyclic) bond motifs is 3. The molecule has 0 bridgehead atoms. The Morgan fingerprint density at radius 3 is 2.48 bits per heavy atom. The predicted molar refractivity (Wildman–Crippen MR) is 122 cm³/mol. The number of allylic oxidation sites excluding steroid dienone is 2. The lowest BCUT2D eigenvalue weighted by molar-refractivity contribution is 0.105. The van der Waals surface area contributed by atoms with Gasteiger partial charge in [0.1, 0.15) is 5.75 Å². The maximum atomic E-state index is 13.8. The van der Waals surface area contributed by atoms with Gasteiger partial charge in [0.05, 0.1) is 24.4 Å². The second-order valence-electron chi connectivity index (χ2n) is 9.33. The van der Waals surface area contributed by atoms with Gasteiger partial charge in [0, 0.05) is 42.7 Å². The highest BCUT2D eigenvalue weighted by molar-refractivity contribution is 6.33. The molecule has 31 heavy (non-hydrogen) atoms. The number of anilines is 1. The van der Waals surface area contributed by atoms with Crippen molar-refractivity contribution in [2.75, 3.05) is 45.2 Å². The van der Waals surface area contributed by atoms with Crippen molar-refractivity contribution in [3.63, 3.8) is 0 Å². The molecule has 0 spiro atoms. The van der Waals surface area contributed by atoms with Gasteiger partial charge in [-0.2, -0.15) is 5.26 Å². The molecule has 5 nitrogen and oxygen atoms in total. The van der Waals surface area contributed by atoms with Gasteiger partial charge in [-0.3, -0.25) is 4.79 Å². The third-order valence-electron chi connectivity index (χ3n) is 7.24. The standard InChI is InChI=1S/C26H27N3O2/c1-26(2)20-14-23(31-4)22(29-9-7-28(3)8-10-29)13-19(20)25(30)24-18-6-5-16(15-27)11-17(18)12-21(24)26/h5-6,11,13-14H,7-10,12H2,1-4H3. The molecule has 2 aromatic rings. The average molecular weight is 414 g/mol. The lowest BCUT2D eigenvalue weighted by Gasteiger charge is -2.38. The Bertz CT molecular complexity index is 1180. The fourth-order valence-electron chi connectivity index (χ4n) is 5.32. The first-order chi connectivity index (χ1) is 14.8. The first-order valence-corrected chi connectivity index (χ1v) is 10.8. The minimum absolute atomic E-state index is 0.0887. The van der Waals surface area contributed by atoms with E-state index in [4.69, 9.17) is 4.74 Å². The molecule has 1 saturated heterocycles. The SMILES string of the molecule is COc1cc2c(cc1N1CCN(C)CC1)C(=O)C1=C(Cc3cc(C#N)ccc31)C2(C)C. The molecule has 0 radical (unpaired) electrons. The molecule has 0 amide bonds. The zero-order valence-electron chi connectivity index (χ0n) is 18.6. The Morgan fingerprint density at radius 2 is 1.81 bits per heavy atom. The van der Waals surface area contributed by atoms with Gasteiger partial charge in [-0.1, -0.05) is 19.9 Å². The van der Waals surface area contributed by atoms with E-state index in [2.05, 4.69) is 48.9 Å². The minimum Gasteiger partial charge on any atom is -0.495 e. The Hall–Kier alpha value is -3.10. The number of hydrogen-bond donors (Lipinski definition) is 0. The van der Waals surface area contributed by atoms with Crippen LogP contribution < -0.4 is 9.64 Å². The quantitative estimate of drug-likeness (QED) is 0.750. The summed E-state index contributed by atoms with van der Waals surface area (Å²) >= 11 is 0. The first kappa shape index (κ1) is 19.8. The summed E-state index contributed by atoms with van der Waals surface area (Å²) < 4.78 is 5.80. The van der Waals surface area contributed by atoms with Gasteiger partial charge < -0.3 is 14.5 Å². The third kappa shape index (κ3) is 2.90. The van der Waals surface area contributed by atoms with Gasteiger partial charge in [0.15, 0.2) is 5.78 Å². The number of carbonyl (C=O) groups is 1. The lowest BCUT2D eigenvalue weighted by Crippen LogP contribution is -2.44. The summed E-state index contributed by atoms with van der Waals surface area (Å²) in [4.78, 5) is 18.4. The molecule has 2 aromatic carbocycles.